The molecule has 1 aliphatic heterocycles. The van der Waals surface area contributed by atoms with E-state index in [0.29, 0.717) is 16.0 Å². The van der Waals surface area contributed by atoms with Gasteiger partial charge in [0.05, 0.1) is 16.6 Å². The summed E-state index contributed by atoms with van der Waals surface area (Å²) in [7, 11) is 0. The number of carbonyl (C=O) groups excluding carboxylic acids is 1. The van der Waals surface area contributed by atoms with Crippen LogP contribution in [0, 0.1) is 5.82 Å². The summed E-state index contributed by atoms with van der Waals surface area (Å²) in [5, 5.41) is 0. The first-order valence-electron chi connectivity index (χ1n) is 5.56. The Morgan fingerprint density at radius 2 is 2.28 bits per heavy atom. The quantitative estimate of drug-likeness (QED) is 0.847. The lowest BCUT2D eigenvalue weighted by Gasteiger charge is -2.23. The molecule has 1 fully saturated rings. The van der Waals surface area contributed by atoms with Crippen LogP contribution in [0.15, 0.2) is 22.7 Å². The number of nitrogens with two attached hydrogens (primary N) is 1. The number of rotatable bonds is 2. The summed E-state index contributed by atoms with van der Waals surface area (Å²) in [6.45, 7) is 0.566. The maximum atomic E-state index is 13.7. The van der Waals surface area contributed by atoms with Crippen LogP contribution in [0.3, 0.4) is 0 Å². The Morgan fingerprint density at radius 3 is 2.89 bits per heavy atom. The van der Waals surface area contributed by atoms with E-state index < -0.39 is 5.82 Å². The largest absolute Gasteiger partial charge is 0.392 e. The van der Waals surface area contributed by atoms with Crippen molar-refractivity contribution in [2.45, 2.75) is 18.9 Å². The molecule has 3 nitrogen and oxygen atoms in total. The van der Waals surface area contributed by atoms with Crippen LogP contribution in [-0.4, -0.2) is 28.4 Å². The van der Waals surface area contributed by atoms with Crippen LogP contribution >= 0.6 is 28.1 Å². The second kappa shape index (κ2) is 5.32. The number of thiocarbonyl (C=S) groups is 1. The van der Waals surface area contributed by atoms with Crippen LogP contribution in [0.2, 0.25) is 0 Å². The lowest BCUT2D eigenvalue weighted by molar-refractivity contribution is 0.0765. The Hall–Kier alpha value is -1.01. The van der Waals surface area contributed by atoms with Gasteiger partial charge in [0.25, 0.3) is 5.91 Å². The SMILES string of the molecule is NC(=S)C1CCCN1C(=O)c1ccc(Br)cc1F. The molecule has 1 aliphatic rings. The summed E-state index contributed by atoms with van der Waals surface area (Å²) in [5.41, 5.74) is 5.66. The van der Waals surface area contributed by atoms with Crippen molar-refractivity contribution in [1.82, 2.24) is 4.90 Å². The van der Waals surface area contributed by atoms with Crippen molar-refractivity contribution in [2.75, 3.05) is 6.54 Å². The molecule has 0 radical (unpaired) electrons. The van der Waals surface area contributed by atoms with Gasteiger partial charge in [-0.05, 0) is 31.0 Å². The molecule has 0 aliphatic carbocycles. The van der Waals surface area contributed by atoms with E-state index in [1.165, 1.54) is 12.1 Å². The number of nitrogens with zero attached hydrogens (tertiary/aromatic N) is 1. The van der Waals surface area contributed by atoms with E-state index in [9.17, 15) is 9.18 Å². The summed E-state index contributed by atoms with van der Waals surface area (Å²) >= 11 is 8.10. The van der Waals surface area contributed by atoms with Gasteiger partial charge in [0, 0.05) is 11.0 Å². The van der Waals surface area contributed by atoms with Crippen molar-refractivity contribution in [1.29, 1.82) is 0 Å². The molecule has 0 saturated carbocycles. The van der Waals surface area contributed by atoms with Gasteiger partial charge in [0.2, 0.25) is 0 Å². The van der Waals surface area contributed by atoms with Gasteiger partial charge in [-0.2, -0.15) is 0 Å². The highest BCUT2D eigenvalue weighted by Gasteiger charge is 2.32. The molecule has 1 unspecified atom stereocenters. The van der Waals surface area contributed by atoms with Gasteiger partial charge in [-0.25, -0.2) is 4.39 Å². The van der Waals surface area contributed by atoms with Gasteiger partial charge in [0.1, 0.15) is 5.82 Å². The molecule has 1 aromatic carbocycles. The Morgan fingerprint density at radius 1 is 1.56 bits per heavy atom. The summed E-state index contributed by atoms with van der Waals surface area (Å²) in [5.74, 6) is -0.890. The molecular formula is C12H12BrFN2OS. The average Bonchev–Trinajstić information content (AvgIpc) is 2.77. The van der Waals surface area contributed by atoms with Crippen molar-refractivity contribution in [2.24, 2.45) is 5.73 Å². The van der Waals surface area contributed by atoms with Crippen LogP contribution in [0.25, 0.3) is 0 Å². The van der Waals surface area contributed by atoms with Crippen LogP contribution in [-0.2, 0) is 0 Å². The average molecular weight is 331 g/mol. The predicted octanol–water partition coefficient (Wildman–Crippen LogP) is 2.48. The number of carbonyl (C=O) groups is 1. The van der Waals surface area contributed by atoms with Crippen molar-refractivity contribution < 1.29 is 9.18 Å². The Kier molecular flexibility index (Phi) is 3.97. The van der Waals surface area contributed by atoms with Crippen molar-refractivity contribution in [3.05, 3.63) is 34.1 Å². The van der Waals surface area contributed by atoms with Crippen molar-refractivity contribution in [3.8, 4) is 0 Å². The van der Waals surface area contributed by atoms with Crippen LogP contribution in [0.1, 0.15) is 23.2 Å². The number of benzene rings is 1. The number of hydrogen-bond acceptors (Lipinski definition) is 2. The molecule has 0 spiro atoms. The molecule has 6 heteroatoms. The Bertz CT molecular complexity index is 509. The predicted molar refractivity (Wildman–Crippen MR) is 74.9 cm³/mol. The second-order valence-electron chi connectivity index (χ2n) is 4.18. The molecule has 2 N–H and O–H groups in total. The van der Waals surface area contributed by atoms with E-state index in [0.717, 1.165) is 12.8 Å². The molecule has 0 bridgehead atoms. The standard InChI is InChI=1S/C12H12BrFN2OS/c13-7-3-4-8(9(14)6-7)12(17)16-5-1-2-10(16)11(15)18/h3-4,6,10H,1-2,5H2,(H2,15,18). The molecule has 1 atom stereocenters. The maximum absolute atomic E-state index is 13.7. The van der Waals surface area contributed by atoms with Crippen LogP contribution in [0.5, 0.6) is 0 Å². The van der Waals surface area contributed by atoms with Crippen molar-refractivity contribution in [3.63, 3.8) is 0 Å². The summed E-state index contributed by atoms with van der Waals surface area (Å²) < 4.78 is 14.3. The number of halogens is 2. The number of amides is 1. The molecule has 0 aromatic heterocycles. The topological polar surface area (TPSA) is 46.3 Å². The lowest BCUT2D eigenvalue weighted by atomic mass is 10.1. The van der Waals surface area contributed by atoms with Gasteiger partial charge in [-0.1, -0.05) is 28.1 Å². The summed E-state index contributed by atoms with van der Waals surface area (Å²) in [6, 6.07) is 4.13. The Labute approximate surface area is 118 Å². The molecular weight excluding hydrogens is 319 g/mol. The molecule has 1 saturated heterocycles. The minimum atomic E-state index is -0.539. The zero-order valence-corrected chi connectivity index (χ0v) is 11.9. The first kappa shape index (κ1) is 13.4. The first-order chi connectivity index (χ1) is 8.50. The third-order valence-corrected chi connectivity index (χ3v) is 3.77. The van der Waals surface area contributed by atoms with E-state index in [-0.39, 0.29) is 17.5 Å². The highest BCUT2D eigenvalue weighted by atomic mass is 79.9. The summed E-state index contributed by atoms with van der Waals surface area (Å²) in [6.07, 6.45) is 1.59. The molecule has 18 heavy (non-hydrogen) atoms. The van der Waals surface area contributed by atoms with E-state index in [4.69, 9.17) is 18.0 Å². The third-order valence-electron chi connectivity index (χ3n) is 3.00. The lowest BCUT2D eigenvalue weighted by Crippen LogP contribution is -2.43. The number of likely N-dealkylation sites (tertiary alicyclic amines) is 1. The van der Waals surface area contributed by atoms with E-state index in [1.54, 1.807) is 11.0 Å². The molecule has 1 amide bonds. The summed E-state index contributed by atoms with van der Waals surface area (Å²) in [4.78, 5) is 14.1. The second-order valence-corrected chi connectivity index (χ2v) is 5.57. The monoisotopic (exact) mass is 330 g/mol. The minimum Gasteiger partial charge on any atom is -0.392 e. The van der Waals surface area contributed by atoms with Crippen molar-refractivity contribution >= 4 is 39.0 Å². The smallest absolute Gasteiger partial charge is 0.257 e. The van der Waals surface area contributed by atoms with E-state index >= 15 is 0 Å². The molecule has 1 heterocycles. The highest BCUT2D eigenvalue weighted by molar-refractivity contribution is 9.10. The highest BCUT2D eigenvalue weighted by Crippen LogP contribution is 2.23. The molecule has 2 rings (SSSR count). The van der Waals surface area contributed by atoms with Crippen LogP contribution in [0.4, 0.5) is 4.39 Å². The number of hydrogen-bond donors (Lipinski definition) is 1. The Balaban J connectivity index is 2.28. The van der Waals surface area contributed by atoms with Gasteiger partial charge < -0.3 is 10.6 Å². The van der Waals surface area contributed by atoms with Gasteiger partial charge in [-0.3, -0.25) is 4.79 Å². The van der Waals surface area contributed by atoms with E-state index in [2.05, 4.69) is 15.9 Å². The minimum absolute atomic E-state index is 0.0568. The maximum Gasteiger partial charge on any atom is 0.257 e. The fraction of sp³-hybridized carbons (Fsp3) is 0.333. The first-order valence-corrected chi connectivity index (χ1v) is 6.76. The van der Waals surface area contributed by atoms with Gasteiger partial charge in [-0.15, -0.1) is 0 Å². The van der Waals surface area contributed by atoms with E-state index in [1.807, 2.05) is 0 Å². The third kappa shape index (κ3) is 2.54. The normalized spacial score (nSPS) is 19.0. The zero-order valence-electron chi connectivity index (χ0n) is 9.53. The molecule has 1 aromatic rings. The fourth-order valence-corrected chi connectivity index (χ4v) is 2.70. The van der Waals surface area contributed by atoms with Crippen LogP contribution < -0.4 is 5.73 Å². The van der Waals surface area contributed by atoms with Gasteiger partial charge in [0.15, 0.2) is 0 Å². The fourth-order valence-electron chi connectivity index (χ4n) is 2.12. The zero-order chi connectivity index (χ0) is 13.3. The van der Waals surface area contributed by atoms with Gasteiger partial charge >= 0.3 is 0 Å². The molecule has 96 valence electrons.